The molecule has 1 atom stereocenters. The number of benzene rings is 1. The highest BCUT2D eigenvalue weighted by Crippen LogP contribution is 2.43. The molecule has 0 radical (unpaired) electrons. The van der Waals surface area contributed by atoms with Crippen molar-refractivity contribution in [3.63, 3.8) is 0 Å². The van der Waals surface area contributed by atoms with E-state index in [1.165, 1.54) is 0 Å². The summed E-state index contributed by atoms with van der Waals surface area (Å²) in [4.78, 5) is 1.95. The second-order valence-electron chi connectivity index (χ2n) is 7.39. The highest BCUT2D eigenvalue weighted by molar-refractivity contribution is 5.85. The summed E-state index contributed by atoms with van der Waals surface area (Å²) in [6, 6.07) is 1.35. The first-order chi connectivity index (χ1) is 11.3. The molecular weight excluding hydrogens is 382 g/mol. The van der Waals surface area contributed by atoms with Crippen molar-refractivity contribution in [3.8, 4) is 0 Å². The van der Waals surface area contributed by atoms with Crippen LogP contribution < -0.4 is 5.32 Å². The van der Waals surface area contributed by atoms with Crippen LogP contribution in [0.4, 0.5) is 26.3 Å². The standard InChI is InChI=1S/C17H22F6N2.ClH/c1-15(2,3)14(25-6-4-24-5-7-25)11-8-12(16(18,19)20)10-13(9-11)17(21,22)23;/h8-10,14,24H,4-7H2,1-3H3;1H/t14-;/m1./s1. The fraction of sp³-hybridized carbons (Fsp3) is 0.647. The van der Waals surface area contributed by atoms with Crippen molar-refractivity contribution >= 4 is 12.4 Å². The van der Waals surface area contributed by atoms with E-state index >= 15 is 0 Å². The van der Waals surface area contributed by atoms with Crippen LogP contribution in [0.2, 0.25) is 0 Å². The molecule has 9 heteroatoms. The van der Waals surface area contributed by atoms with Crippen molar-refractivity contribution in [2.75, 3.05) is 26.2 Å². The van der Waals surface area contributed by atoms with Gasteiger partial charge in [-0.25, -0.2) is 0 Å². The molecule has 150 valence electrons. The van der Waals surface area contributed by atoms with Gasteiger partial charge in [-0.15, -0.1) is 12.4 Å². The van der Waals surface area contributed by atoms with Crippen LogP contribution in [-0.4, -0.2) is 31.1 Å². The molecule has 1 saturated heterocycles. The molecule has 0 spiro atoms. The van der Waals surface area contributed by atoms with E-state index in [1.54, 1.807) is 0 Å². The van der Waals surface area contributed by atoms with Gasteiger partial charge in [-0.1, -0.05) is 20.8 Å². The molecule has 2 nitrogen and oxygen atoms in total. The van der Waals surface area contributed by atoms with Crippen molar-refractivity contribution in [1.82, 2.24) is 10.2 Å². The molecule has 1 aromatic rings. The minimum Gasteiger partial charge on any atom is -0.314 e. The molecule has 26 heavy (non-hydrogen) atoms. The number of hydrogen-bond donors (Lipinski definition) is 1. The molecule has 0 amide bonds. The lowest BCUT2D eigenvalue weighted by Gasteiger charge is -2.43. The molecule has 2 rings (SSSR count). The fourth-order valence-electron chi connectivity index (χ4n) is 3.34. The summed E-state index contributed by atoms with van der Waals surface area (Å²) in [5, 5.41) is 3.14. The van der Waals surface area contributed by atoms with Crippen LogP contribution in [0.25, 0.3) is 0 Å². The SMILES string of the molecule is CC(C)(C)[C@@H](c1cc(C(F)(F)F)cc(C(F)(F)F)c1)N1CCNCC1.Cl. The Hall–Kier alpha value is -0.990. The van der Waals surface area contributed by atoms with E-state index in [0.717, 1.165) is 12.1 Å². The van der Waals surface area contributed by atoms with Gasteiger partial charge in [-0.3, -0.25) is 4.90 Å². The van der Waals surface area contributed by atoms with Crippen LogP contribution in [-0.2, 0) is 12.4 Å². The maximum absolute atomic E-state index is 13.1. The van der Waals surface area contributed by atoms with E-state index in [-0.39, 0.29) is 24.0 Å². The number of piperazine rings is 1. The van der Waals surface area contributed by atoms with Crippen LogP contribution in [0.1, 0.15) is 43.5 Å². The third-order valence-electron chi connectivity index (χ3n) is 4.26. The Morgan fingerprint density at radius 2 is 1.27 bits per heavy atom. The topological polar surface area (TPSA) is 15.3 Å². The molecule has 1 fully saturated rings. The average molecular weight is 405 g/mol. The summed E-state index contributed by atoms with van der Waals surface area (Å²) >= 11 is 0. The zero-order valence-electron chi connectivity index (χ0n) is 14.8. The Labute approximate surface area is 155 Å². The molecule has 1 aliphatic heterocycles. The van der Waals surface area contributed by atoms with Gasteiger partial charge >= 0.3 is 12.4 Å². The number of alkyl halides is 6. The maximum atomic E-state index is 13.1. The molecule has 0 aliphatic carbocycles. The van der Waals surface area contributed by atoms with Gasteiger partial charge in [0.25, 0.3) is 0 Å². The smallest absolute Gasteiger partial charge is 0.314 e. The van der Waals surface area contributed by atoms with Crippen molar-refractivity contribution in [3.05, 3.63) is 34.9 Å². The van der Waals surface area contributed by atoms with Crippen molar-refractivity contribution in [2.45, 2.75) is 39.2 Å². The van der Waals surface area contributed by atoms with E-state index in [9.17, 15) is 26.3 Å². The van der Waals surface area contributed by atoms with Gasteiger partial charge in [0.05, 0.1) is 11.1 Å². The fourth-order valence-corrected chi connectivity index (χ4v) is 3.34. The summed E-state index contributed by atoms with van der Waals surface area (Å²) in [6.45, 7) is 7.92. The zero-order valence-corrected chi connectivity index (χ0v) is 15.6. The van der Waals surface area contributed by atoms with Crippen LogP contribution in [0.5, 0.6) is 0 Å². The second kappa shape index (κ2) is 7.94. The van der Waals surface area contributed by atoms with Crippen molar-refractivity contribution in [2.24, 2.45) is 5.41 Å². The molecule has 0 bridgehead atoms. The molecule has 1 N–H and O–H groups in total. The first kappa shape index (κ1) is 23.0. The van der Waals surface area contributed by atoms with Gasteiger partial charge in [0.2, 0.25) is 0 Å². The maximum Gasteiger partial charge on any atom is 0.416 e. The molecule has 1 aromatic carbocycles. The van der Waals surface area contributed by atoms with Crippen molar-refractivity contribution in [1.29, 1.82) is 0 Å². The Morgan fingerprint density at radius 1 is 0.846 bits per heavy atom. The Kier molecular flexibility index (Phi) is 7.04. The van der Waals surface area contributed by atoms with Gasteiger partial charge < -0.3 is 5.32 Å². The van der Waals surface area contributed by atoms with E-state index < -0.39 is 34.9 Å². The average Bonchev–Trinajstić information content (AvgIpc) is 2.45. The Morgan fingerprint density at radius 3 is 1.62 bits per heavy atom. The molecule has 0 aromatic heterocycles. The lowest BCUT2D eigenvalue weighted by atomic mass is 9.80. The van der Waals surface area contributed by atoms with Gasteiger partial charge in [0.15, 0.2) is 0 Å². The van der Waals surface area contributed by atoms with Crippen LogP contribution >= 0.6 is 12.4 Å². The van der Waals surface area contributed by atoms with E-state index in [1.807, 2.05) is 25.7 Å². The molecule has 1 aliphatic rings. The van der Waals surface area contributed by atoms with E-state index in [0.29, 0.717) is 26.2 Å². The summed E-state index contributed by atoms with van der Waals surface area (Å²) in [5.41, 5.74) is -3.00. The van der Waals surface area contributed by atoms with Gasteiger partial charge in [0, 0.05) is 32.2 Å². The quantitative estimate of drug-likeness (QED) is 0.687. The summed E-state index contributed by atoms with van der Waals surface area (Å²) in [7, 11) is 0. The normalized spacial score (nSPS) is 18.3. The number of halogens is 7. The third-order valence-corrected chi connectivity index (χ3v) is 4.26. The summed E-state index contributed by atoms with van der Waals surface area (Å²) in [5.74, 6) is 0. The predicted octanol–water partition coefficient (Wildman–Crippen LogP) is 5.14. The lowest BCUT2D eigenvalue weighted by Crippen LogP contribution is -2.48. The molecule has 0 saturated carbocycles. The highest BCUT2D eigenvalue weighted by atomic mass is 35.5. The van der Waals surface area contributed by atoms with Crippen molar-refractivity contribution < 1.29 is 26.3 Å². The minimum atomic E-state index is -4.83. The van der Waals surface area contributed by atoms with Crippen LogP contribution in [0.3, 0.4) is 0 Å². The van der Waals surface area contributed by atoms with E-state index in [4.69, 9.17) is 0 Å². The van der Waals surface area contributed by atoms with E-state index in [2.05, 4.69) is 5.32 Å². The number of hydrogen-bond acceptors (Lipinski definition) is 2. The lowest BCUT2D eigenvalue weighted by molar-refractivity contribution is -0.143. The Bertz CT molecular complexity index is 568. The Balaban J connectivity index is 0.00000338. The molecule has 0 unspecified atom stereocenters. The van der Waals surface area contributed by atoms with Gasteiger partial charge in [-0.05, 0) is 29.2 Å². The summed E-state index contributed by atoms with van der Waals surface area (Å²) in [6.07, 6.45) is -9.66. The van der Waals surface area contributed by atoms with Gasteiger partial charge in [-0.2, -0.15) is 26.3 Å². The molecular formula is C17H23ClF6N2. The third kappa shape index (κ3) is 5.50. The van der Waals surface area contributed by atoms with Crippen LogP contribution in [0, 0.1) is 5.41 Å². The van der Waals surface area contributed by atoms with Crippen LogP contribution in [0.15, 0.2) is 18.2 Å². The number of nitrogens with zero attached hydrogens (tertiary/aromatic N) is 1. The second-order valence-corrected chi connectivity index (χ2v) is 7.39. The predicted molar refractivity (Wildman–Crippen MR) is 90.3 cm³/mol. The van der Waals surface area contributed by atoms with Gasteiger partial charge in [0.1, 0.15) is 0 Å². The first-order valence-corrected chi connectivity index (χ1v) is 8.04. The number of rotatable bonds is 2. The minimum absolute atomic E-state index is 0. The largest absolute Gasteiger partial charge is 0.416 e. The zero-order chi connectivity index (χ0) is 19.0. The summed E-state index contributed by atoms with van der Waals surface area (Å²) < 4.78 is 78.9. The molecule has 1 heterocycles. The number of nitrogens with one attached hydrogen (secondary N) is 1. The monoisotopic (exact) mass is 404 g/mol. The first-order valence-electron chi connectivity index (χ1n) is 8.04. The highest BCUT2D eigenvalue weighted by Gasteiger charge is 2.40.